The first-order valence-electron chi connectivity index (χ1n) is 7.62. The van der Waals surface area contributed by atoms with E-state index in [9.17, 15) is 0 Å². The molecule has 1 aliphatic rings. The van der Waals surface area contributed by atoms with Gasteiger partial charge in [0.25, 0.3) is 0 Å². The SMILES string of the molecule is CCCNC(CC1=CCCCC1)c1cncc(C)c1. The Morgan fingerprint density at radius 2 is 2.21 bits per heavy atom. The second kappa shape index (κ2) is 7.44. The van der Waals surface area contributed by atoms with Crippen LogP contribution in [0.3, 0.4) is 0 Å². The molecule has 1 aromatic heterocycles. The number of pyridine rings is 1. The molecule has 0 saturated carbocycles. The fraction of sp³-hybridized carbons (Fsp3) is 0.588. The smallest absolute Gasteiger partial charge is 0.0373 e. The number of hydrogen-bond donors (Lipinski definition) is 1. The molecule has 2 heteroatoms. The van der Waals surface area contributed by atoms with E-state index in [0.717, 1.165) is 13.0 Å². The van der Waals surface area contributed by atoms with E-state index in [1.165, 1.54) is 43.2 Å². The van der Waals surface area contributed by atoms with Crippen LogP contribution in [0, 0.1) is 6.92 Å². The molecule has 104 valence electrons. The number of rotatable bonds is 6. The monoisotopic (exact) mass is 258 g/mol. The van der Waals surface area contributed by atoms with Crippen molar-refractivity contribution in [3.63, 3.8) is 0 Å². The van der Waals surface area contributed by atoms with Crippen LogP contribution in [0.15, 0.2) is 30.1 Å². The Hall–Kier alpha value is -1.15. The van der Waals surface area contributed by atoms with E-state index in [4.69, 9.17) is 0 Å². The lowest BCUT2D eigenvalue weighted by molar-refractivity contribution is 0.510. The average molecular weight is 258 g/mol. The normalized spacial score (nSPS) is 17.1. The van der Waals surface area contributed by atoms with Crippen LogP contribution in [-0.4, -0.2) is 11.5 Å². The van der Waals surface area contributed by atoms with E-state index in [1.54, 1.807) is 5.57 Å². The molecule has 1 unspecified atom stereocenters. The van der Waals surface area contributed by atoms with Crippen molar-refractivity contribution >= 4 is 0 Å². The van der Waals surface area contributed by atoms with Crippen LogP contribution in [0.5, 0.6) is 0 Å². The molecule has 0 spiro atoms. The summed E-state index contributed by atoms with van der Waals surface area (Å²) >= 11 is 0. The van der Waals surface area contributed by atoms with Crippen LogP contribution in [0.4, 0.5) is 0 Å². The van der Waals surface area contributed by atoms with Crippen LogP contribution < -0.4 is 5.32 Å². The molecule has 0 bridgehead atoms. The van der Waals surface area contributed by atoms with Crippen LogP contribution in [0.1, 0.15) is 62.6 Å². The highest BCUT2D eigenvalue weighted by Gasteiger charge is 2.14. The molecule has 1 atom stereocenters. The van der Waals surface area contributed by atoms with E-state index in [-0.39, 0.29) is 0 Å². The lowest BCUT2D eigenvalue weighted by atomic mass is 9.91. The summed E-state index contributed by atoms with van der Waals surface area (Å²) in [4.78, 5) is 4.35. The van der Waals surface area contributed by atoms with Crippen molar-refractivity contribution in [2.45, 2.75) is 58.4 Å². The van der Waals surface area contributed by atoms with Gasteiger partial charge in [0.15, 0.2) is 0 Å². The number of allylic oxidation sites excluding steroid dienone is 1. The Balaban J connectivity index is 2.08. The van der Waals surface area contributed by atoms with Crippen molar-refractivity contribution in [1.29, 1.82) is 0 Å². The van der Waals surface area contributed by atoms with Crippen molar-refractivity contribution in [2.24, 2.45) is 0 Å². The fourth-order valence-electron chi connectivity index (χ4n) is 2.75. The molecule has 1 heterocycles. The fourth-order valence-corrected chi connectivity index (χ4v) is 2.75. The Kier molecular flexibility index (Phi) is 5.59. The van der Waals surface area contributed by atoms with Crippen LogP contribution in [0.2, 0.25) is 0 Å². The molecule has 1 N–H and O–H groups in total. The molecule has 19 heavy (non-hydrogen) atoms. The van der Waals surface area contributed by atoms with Crippen molar-refractivity contribution in [2.75, 3.05) is 6.54 Å². The minimum Gasteiger partial charge on any atom is -0.310 e. The average Bonchev–Trinajstić information content (AvgIpc) is 2.44. The van der Waals surface area contributed by atoms with Gasteiger partial charge < -0.3 is 5.32 Å². The van der Waals surface area contributed by atoms with E-state index in [1.807, 2.05) is 12.4 Å². The van der Waals surface area contributed by atoms with E-state index >= 15 is 0 Å². The molecule has 2 nitrogen and oxygen atoms in total. The van der Waals surface area contributed by atoms with Gasteiger partial charge in [-0.15, -0.1) is 0 Å². The summed E-state index contributed by atoms with van der Waals surface area (Å²) in [5.41, 5.74) is 4.21. The quantitative estimate of drug-likeness (QED) is 0.769. The highest BCUT2D eigenvalue weighted by Crippen LogP contribution is 2.27. The Morgan fingerprint density at radius 3 is 2.89 bits per heavy atom. The Labute approximate surface area is 117 Å². The third kappa shape index (κ3) is 4.46. The predicted molar refractivity (Wildman–Crippen MR) is 81.2 cm³/mol. The van der Waals surface area contributed by atoms with Crippen LogP contribution in [0.25, 0.3) is 0 Å². The van der Waals surface area contributed by atoms with Gasteiger partial charge in [-0.25, -0.2) is 0 Å². The maximum Gasteiger partial charge on any atom is 0.0373 e. The molecule has 1 aliphatic carbocycles. The number of hydrogen-bond acceptors (Lipinski definition) is 2. The van der Waals surface area contributed by atoms with Crippen molar-refractivity contribution in [3.05, 3.63) is 41.2 Å². The minimum atomic E-state index is 0.427. The van der Waals surface area contributed by atoms with Gasteiger partial charge in [0, 0.05) is 18.4 Å². The van der Waals surface area contributed by atoms with Crippen LogP contribution >= 0.6 is 0 Å². The summed E-state index contributed by atoms with van der Waals surface area (Å²) in [7, 11) is 0. The Bertz CT molecular complexity index is 423. The third-order valence-electron chi connectivity index (χ3n) is 3.79. The van der Waals surface area contributed by atoms with Gasteiger partial charge in [-0.05, 0) is 63.1 Å². The number of nitrogens with one attached hydrogen (secondary N) is 1. The van der Waals surface area contributed by atoms with Gasteiger partial charge in [0.2, 0.25) is 0 Å². The molecule has 0 amide bonds. The van der Waals surface area contributed by atoms with Gasteiger partial charge in [0.1, 0.15) is 0 Å². The summed E-state index contributed by atoms with van der Waals surface area (Å²) in [5, 5.41) is 3.68. The van der Waals surface area contributed by atoms with Crippen LogP contribution in [-0.2, 0) is 0 Å². The maximum absolute atomic E-state index is 4.35. The molecule has 1 aromatic rings. The van der Waals surface area contributed by atoms with Gasteiger partial charge in [-0.2, -0.15) is 0 Å². The van der Waals surface area contributed by atoms with E-state index < -0.39 is 0 Å². The molecule has 0 radical (unpaired) electrons. The summed E-state index contributed by atoms with van der Waals surface area (Å²) in [6, 6.07) is 2.70. The maximum atomic E-state index is 4.35. The highest BCUT2D eigenvalue weighted by atomic mass is 14.9. The minimum absolute atomic E-state index is 0.427. The summed E-state index contributed by atoms with van der Waals surface area (Å²) in [5.74, 6) is 0. The second-order valence-electron chi connectivity index (χ2n) is 5.61. The zero-order valence-corrected chi connectivity index (χ0v) is 12.3. The largest absolute Gasteiger partial charge is 0.310 e. The number of nitrogens with zero attached hydrogens (tertiary/aromatic N) is 1. The van der Waals surface area contributed by atoms with Crippen molar-refractivity contribution in [3.8, 4) is 0 Å². The molecule has 0 fully saturated rings. The first-order chi connectivity index (χ1) is 9.29. The third-order valence-corrected chi connectivity index (χ3v) is 3.79. The van der Waals surface area contributed by atoms with Crippen molar-refractivity contribution < 1.29 is 0 Å². The lowest BCUT2D eigenvalue weighted by Gasteiger charge is -2.22. The van der Waals surface area contributed by atoms with E-state index in [2.05, 4.69) is 36.3 Å². The second-order valence-corrected chi connectivity index (χ2v) is 5.61. The molecule has 0 aromatic carbocycles. The lowest BCUT2D eigenvalue weighted by Crippen LogP contribution is -2.23. The molecule has 0 aliphatic heterocycles. The molecular formula is C17H26N2. The summed E-state index contributed by atoms with van der Waals surface area (Å²) in [6.07, 6.45) is 14.0. The molecular weight excluding hydrogens is 232 g/mol. The van der Waals surface area contributed by atoms with Gasteiger partial charge in [-0.3, -0.25) is 4.98 Å². The standard InChI is InChI=1S/C17H26N2/c1-3-9-19-17(11-15-7-5-4-6-8-15)16-10-14(2)12-18-13-16/h7,10,12-13,17,19H,3-6,8-9,11H2,1-2H3. The van der Waals surface area contributed by atoms with Gasteiger partial charge in [-0.1, -0.05) is 24.6 Å². The zero-order valence-electron chi connectivity index (χ0n) is 12.3. The van der Waals surface area contributed by atoms with E-state index in [0.29, 0.717) is 6.04 Å². The van der Waals surface area contributed by atoms with Gasteiger partial charge >= 0.3 is 0 Å². The molecule has 0 saturated heterocycles. The number of aryl methyl sites for hydroxylation is 1. The summed E-state index contributed by atoms with van der Waals surface area (Å²) < 4.78 is 0. The first-order valence-corrected chi connectivity index (χ1v) is 7.62. The topological polar surface area (TPSA) is 24.9 Å². The first kappa shape index (κ1) is 14.3. The summed E-state index contributed by atoms with van der Waals surface area (Å²) in [6.45, 7) is 5.41. The zero-order chi connectivity index (χ0) is 13.5. The van der Waals surface area contributed by atoms with Crippen molar-refractivity contribution in [1.82, 2.24) is 10.3 Å². The Morgan fingerprint density at radius 1 is 1.32 bits per heavy atom. The molecule has 2 rings (SSSR count). The highest BCUT2D eigenvalue weighted by molar-refractivity contribution is 5.22. The predicted octanol–water partition coefficient (Wildman–Crippen LogP) is 4.32. The van der Waals surface area contributed by atoms with Gasteiger partial charge in [0.05, 0.1) is 0 Å². The number of aromatic nitrogens is 1.